The summed E-state index contributed by atoms with van der Waals surface area (Å²) in [4.78, 5) is 14.1. The third-order valence-electron chi connectivity index (χ3n) is 7.29. The van der Waals surface area contributed by atoms with Gasteiger partial charge in [0.2, 0.25) is 0 Å². The lowest BCUT2D eigenvalue weighted by Gasteiger charge is -2.37. The van der Waals surface area contributed by atoms with Crippen LogP contribution in [-0.4, -0.2) is 47.6 Å². The summed E-state index contributed by atoms with van der Waals surface area (Å²) in [5.74, 6) is -3.80. The van der Waals surface area contributed by atoms with Crippen LogP contribution in [0.25, 0.3) is 0 Å². The zero-order chi connectivity index (χ0) is 28.3. The van der Waals surface area contributed by atoms with Gasteiger partial charge in [-0.15, -0.1) is 0 Å². The molecule has 10 heteroatoms. The molecule has 0 amide bonds. The molecule has 6 rings (SSSR count). The van der Waals surface area contributed by atoms with E-state index >= 15 is 0 Å². The minimum Gasteiger partial charge on any atom is -0.508 e. The number of Topliss-reactive ketones (excluding diaryl/α,β-unsaturated/α-hetero) is 1. The van der Waals surface area contributed by atoms with E-state index in [4.69, 9.17) is 9.47 Å². The number of aromatic hydroxyl groups is 6. The lowest BCUT2D eigenvalue weighted by molar-refractivity contribution is 0.0179. The Morgan fingerprint density at radius 1 is 0.650 bits per heavy atom. The topological polar surface area (TPSA) is 177 Å². The molecule has 10 nitrogen and oxygen atoms in total. The number of ketones is 1. The molecule has 2 heterocycles. The minimum atomic E-state index is -1.32. The third-order valence-corrected chi connectivity index (χ3v) is 7.29. The summed E-state index contributed by atoms with van der Waals surface area (Å²) in [5, 5.41) is 72.9. The molecule has 0 bridgehead atoms. The molecule has 2 aliphatic heterocycles. The number of aliphatic hydroxyl groups is 1. The monoisotopic (exact) mass is 544 g/mol. The Hall–Kier alpha value is -5.09. The van der Waals surface area contributed by atoms with Crippen LogP contribution in [0.2, 0.25) is 0 Å². The van der Waals surface area contributed by atoms with Gasteiger partial charge in [0, 0.05) is 30.2 Å². The average molecular weight is 545 g/mol. The standard InChI is InChI=1S/C30H24O10/c31-15-5-1-13(2-6-15)28-22(37)11-18-19(34)12-21(36)25(30(18)40-28)26-27(38)24-20(35)9-17(33)10-23(24)39-29(26)14-3-7-16(32)8-4-14/h1-10,12,22,26,28-29,31-37H,11H2/t22-,26-,28-,29-/m1/s1. The maximum Gasteiger partial charge on any atom is 0.182 e. The molecular formula is C30H24O10. The van der Waals surface area contributed by atoms with E-state index in [1.165, 1.54) is 42.5 Å². The molecule has 0 spiro atoms. The number of phenolic OH excluding ortho intramolecular Hbond substituents is 6. The van der Waals surface area contributed by atoms with Gasteiger partial charge in [0.05, 0.1) is 17.6 Å². The number of rotatable bonds is 3. The van der Waals surface area contributed by atoms with Gasteiger partial charge in [0.15, 0.2) is 5.78 Å². The van der Waals surface area contributed by atoms with E-state index in [-0.39, 0.29) is 57.6 Å². The van der Waals surface area contributed by atoms with Crippen LogP contribution in [0.1, 0.15) is 50.7 Å². The van der Waals surface area contributed by atoms with E-state index < -0.39 is 41.5 Å². The normalized spacial score (nSPS) is 21.6. The Balaban J connectivity index is 1.56. The van der Waals surface area contributed by atoms with E-state index in [2.05, 4.69) is 0 Å². The molecule has 4 atom stereocenters. The highest BCUT2D eigenvalue weighted by molar-refractivity contribution is 6.07. The second-order valence-corrected chi connectivity index (χ2v) is 9.85. The van der Waals surface area contributed by atoms with Crippen molar-refractivity contribution in [3.05, 3.63) is 94.5 Å². The number of hydrogen-bond acceptors (Lipinski definition) is 10. The number of phenols is 6. The van der Waals surface area contributed by atoms with Gasteiger partial charge in [-0.25, -0.2) is 0 Å². The summed E-state index contributed by atoms with van der Waals surface area (Å²) >= 11 is 0. The van der Waals surface area contributed by atoms with Gasteiger partial charge in [-0.2, -0.15) is 0 Å². The molecule has 0 saturated heterocycles. The Bertz CT molecular complexity index is 1630. The fourth-order valence-electron chi connectivity index (χ4n) is 5.43. The van der Waals surface area contributed by atoms with Crippen LogP contribution in [-0.2, 0) is 6.42 Å². The zero-order valence-corrected chi connectivity index (χ0v) is 20.7. The summed E-state index contributed by atoms with van der Waals surface area (Å²) < 4.78 is 12.4. The number of benzene rings is 4. The number of fused-ring (bicyclic) bond motifs is 2. The molecule has 4 aromatic carbocycles. The van der Waals surface area contributed by atoms with Crippen LogP contribution < -0.4 is 9.47 Å². The molecule has 0 saturated carbocycles. The average Bonchev–Trinajstić information content (AvgIpc) is 2.90. The largest absolute Gasteiger partial charge is 0.508 e. The quantitative estimate of drug-likeness (QED) is 0.199. The SMILES string of the molecule is O=C1c2c(O)cc(O)cc2O[C@H](c2ccc(O)cc2)[C@@H]1c1c(O)cc(O)c2c1O[C@H](c1ccc(O)cc1)[C@H](O)C2. The van der Waals surface area contributed by atoms with E-state index in [0.717, 1.165) is 12.1 Å². The Kier molecular flexibility index (Phi) is 5.85. The lowest BCUT2D eigenvalue weighted by Crippen LogP contribution is -2.34. The molecule has 0 radical (unpaired) electrons. The van der Waals surface area contributed by atoms with Crippen molar-refractivity contribution < 1.29 is 50.0 Å². The molecule has 4 aromatic rings. The molecule has 0 aromatic heterocycles. The third kappa shape index (κ3) is 4.05. The van der Waals surface area contributed by atoms with Crippen molar-refractivity contribution in [1.82, 2.24) is 0 Å². The fraction of sp³-hybridized carbons (Fsp3) is 0.167. The van der Waals surface area contributed by atoms with Gasteiger partial charge >= 0.3 is 0 Å². The van der Waals surface area contributed by atoms with Gasteiger partial charge < -0.3 is 45.2 Å². The first-order valence-corrected chi connectivity index (χ1v) is 12.4. The number of ether oxygens (including phenoxy) is 2. The van der Waals surface area contributed by atoms with E-state index in [1.54, 1.807) is 12.1 Å². The molecule has 0 fully saturated rings. The van der Waals surface area contributed by atoms with Gasteiger partial charge in [-0.1, -0.05) is 24.3 Å². The Labute approximate surface area is 227 Å². The number of carbonyl (C=O) groups excluding carboxylic acids is 1. The first-order chi connectivity index (χ1) is 19.1. The highest BCUT2D eigenvalue weighted by atomic mass is 16.5. The maximum atomic E-state index is 14.1. The second kappa shape index (κ2) is 9.28. The first kappa shape index (κ1) is 25.2. The number of carbonyl (C=O) groups is 1. The molecule has 7 N–H and O–H groups in total. The molecule has 204 valence electrons. The summed E-state index contributed by atoms with van der Waals surface area (Å²) in [7, 11) is 0. The fourth-order valence-corrected chi connectivity index (χ4v) is 5.43. The molecule has 0 aliphatic carbocycles. The second-order valence-electron chi connectivity index (χ2n) is 9.85. The Morgan fingerprint density at radius 2 is 1.25 bits per heavy atom. The van der Waals surface area contributed by atoms with Gasteiger partial charge in [-0.3, -0.25) is 4.79 Å². The van der Waals surface area contributed by atoms with Crippen molar-refractivity contribution in [3.8, 4) is 46.0 Å². The number of aliphatic hydroxyl groups excluding tert-OH is 1. The van der Waals surface area contributed by atoms with Crippen LogP contribution in [0, 0.1) is 0 Å². The van der Waals surface area contributed by atoms with Crippen LogP contribution in [0.15, 0.2) is 66.7 Å². The van der Waals surface area contributed by atoms with E-state index in [1.807, 2.05) is 0 Å². The van der Waals surface area contributed by atoms with Crippen LogP contribution in [0.4, 0.5) is 0 Å². The summed E-state index contributed by atoms with van der Waals surface area (Å²) in [6.45, 7) is 0. The van der Waals surface area contributed by atoms with Crippen molar-refractivity contribution >= 4 is 5.78 Å². The zero-order valence-electron chi connectivity index (χ0n) is 20.7. The van der Waals surface area contributed by atoms with Crippen molar-refractivity contribution in [2.24, 2.45) is 0 Å². The highest BCUT2D eigenvalue weighted by Crippen LogP contribution is 2.55. The predicted octanol–water partition coefficient (Wildman–Crippen LogP) is 4.06. The minimum absolute atomic E-state index is 0.0108. The van der Waals surface area contributed by atoms with Crippen LogP contribution in [0.5, 0.6) is 46.0 Å². The molecule has 2 aliphatic rings. The smallest absolute Gasteiger partial charge is 0.182 e. The summed E-state index contributed by atoms with van der Waals surface area (Å²) in [5.41, 5.74) is 0.837. The van der Waals surface area contributed by atoms with E-state index in [9.17, 15) is 40.5 Å². The van der Waals surface area contributed by atoms with Gasteiger partial charge in [0.25, 0.3) is 0 Å². The summed E-state index contributed by atoms with van der Waals surface area (Å²) in [6, 6.07) is 15.1. The van der Waals surface area contributed by atoms with Crippen LogP contribution >= 0.6 is 0 Å². The van der Waals surface area contributed by atoms with Crippen LogP contribution in [0.3, 0.4) is 0 Å². The number of hydrogen-bond donors (Lipinski definition) is 7. The maximum absolute atomic E-state index is 14.1. The lowest BCUT2D eigenvalue weighted by atomic mass is 9.78. The molecule has 40 heavy (non-hydrogen) atoms. The van der Waals surface area contributed by atoms with Crippen molar-refractivity contribution in [1.29, 1.82) is 0 Å². The van der Waals surface area contributed by atoms with Crippen molar-refractivity contribution in [3.63, 3.8) is 0 Å². The van der Waals surface area contributed by atoms with Gasteiger partial charge in [0.1, 0.15) is 63.8 Å². The van der Waals surface area contributed by atoms with Crippen molar-refractivity contribution in [2.45, 2.75) is 30.7 Å². The Morgan fingerprint density at radius 3 is 1.88 bits per heavy atom. The molecule has 0 unspecified atom stereocenters. The van der Waals surface area contributed by atoms with Crippen molar-refractivity contribution in [2.75, 3.05) is 0 Å². The first-order valence-electron chi connectivity index (χ1n) is 12.4. The highest BCUT2D eigenvalue weighted by Gasteiger charge is 2.46. The molecular weight excluding hydrogens is 520 g/mol. The van der Waals surface area contributed by atoms with E-state index in [0.29, 0.717) is 11.1 Å². The summed E-state index contributed by atoms with van der Waals surface area (Å²) in [6.07, 6.45) is -3.29. The predicted molar refractivity (Wildman–Crippen MR) is 139 cm³/mol. The van der Waals surface area contributed by atoms with Gasteiger partial charge in [-0.05, 0) is 35.4 Å².